The Morgan fingerprint density at radius 1 is 1.16 bits per heavy atom. The number of aromatic nitrogens is 4. The highest BCUT2D eigenvalue weighted by Crippen LogP contribution is 2.17. The predicted molar refractivity (Wildman–Crippen MR) is 124 cm³/mol. The van der Waals surface area contributed by atoms with Gasteiger partial charge in [0.2, 0.25) is 11.7 Å². The molecule has 2 heterocycles. The molecule has 0 saturated carbocycles. The molecule has 0 saturated heterocycles. The van der Waals surface area contributed by atoms with Gasteiger partial charge in [-0.1, -0.05) is 41.4 Å². The molecule has 1 N–H and O–H groups in total. The molecular weight excluding hydrogens is 430 g/mol. The molecule has 8 nitrogen and oxygen atoms in total. The molecule has 0 spiro atoms. The second-order valence-electron chi connectivity index (χ2n) is 8.16. The van der Waals surface area contributed by atoms with Gasteiger partial charge in [0.05, 0.1) is 17.4 Å². The minimum absolute atomic E-state index is 0.00851. The number of hydrogen-bond donors (Lipinski definition) is 1. The van der Waals surface area contributed by atoms with Gasteiger partial charge in [-0.25, -0.2) is 13.9 Å². The first kappa shape index (κ1) is 21.8. The summed E-state index contributed by atoms with van der Waals surface area (Å²) in [6, 6.07) is 12.6. The van der Waals surface area contributed by atoms with Crippen LogP contribution in [0.25, 0.3) is 16.7 Å². The van der Waals surface area contributed by atoms with Gasteiger partial charge in [0.15, 0.2) is 0 Å². The van der Waals surface area contributed by atoms with Crippen molar-refractivity contribution in [2.75, 3.05) is 0 Å². The Morgan fingerprint density at radius 2 is 1.94 bits per heavy atom. The Kier molecular flexibility index (Phi) is 5.88. The van der Waals surface area contributed by atoms with Gasteiger partial charge in [-0.2, -0.15) is 0 Å². The Hall–Kier alpha value is -3.39. The van der Waals surface area contributed by atoms with Crippen molar-refractivity contribution in [3.8, 4) is 0 Å². The molecule has 0 atom stereocenters. The second-order valence-corrected chi connectivity index (χ2v) is 8.59. The van der Waals surface area contributed by atoms with E-state index in [1.807, 2.05) is 45.0 Å². The normalized spacial score (nSPS) is 11.5. The highest BCUT2D eigenvalue weighted by molar-refractivity contribution is 6.31. The third-order valence-electron chi connectivity index (χ3n) is 5.17. The van der Waals surface area contributed by atoms with E-state index >= 15 is 0 Å². The summed E-state index contributed by atoms with van der Waals surface area (Å²) < 4.78 is 4.11. The number of halogens is 1. The quantitative estimate of drug-likeness (QED) is 0.486. The van der Waals surface area contributed by atoms with Gasteiger partial charge in [-0.15, -0.1) is 5.10 Å². The summed E-state index contributed by atoms with van der Waals surface area (Å²) >= 11 is 6.13. The fraction of sp³-hybridized carbons (Fsp3) is 0.304. The summed E-state index contributed by atoms with van der Waals surface area (Å²) in [7, 11) is 0. The van der Waals surface area contributed by atoms with Crippen LogP contribution >= 0.6 is 11.6 Å². The minimum Gasteiger partial charge on any atom is -0.354 e. The molecule has 4 rings (SSSR count). The van der Waals surface area contributed by atoms with Gasteiger partial charge in [0.1, 0.15) is 0 Å². The van der Waals surface area contributed by atoms with Gasteiger partial charge >= 0.3 is 5.69 Å². The average Bonchev–Trinajstić information content (AvgIpc) is 3.03. The monoisotopic (exact) mass is 453 g/mol. The number of nitrogens with one attached hydrogen (secondary N) is 1. The van der Waals surface area contributed by atoms with Crippen LogP contribution in [0.15, 0.2) is 52.1 Å². The minimum atomic E-state index is -0.366. The number of hydrogen-bond acceptors (Lipinski definition) is 4. The lowest BCUT2D eigenvalue weighted by Crippen LogP contribution is -2.32. The molecule has 0 bridgehead atoms. The number of aryl methyl sites for hydroxylation is 2. The van der Waals surface area contributed by atoms with E-state index < -0.39 is 0 Å². The Balaban J connectivity index is 1.88. The third kappa shape index (κ3) is 4.18. The first-order valence-electron chi connectivity index (χ1n) is 10.4. The molecule has 1 amide bonds. The maximum absolute atomic E-state index is 13.3. The molecule has 0 aliphatic heterocycles. The lowest BCUT2D eigenvalue weighted by Gasteiger charge is -2.11. The van der Waals surface area contributed by atoms with E-state index in [0.717, 1.165) is 11.1 Å². The Bertz CT molecular complexity index is 1450. The number of carbonyl (C=O) groups is 1. The van der Waals surface area contributed by atoms with Crippen LogP contribution in [-0.4, -0.2) is 30.7 Å². The fourth-order valence-electron chi connectivity index (χ4n) is 3.79. The van der Waals surface area contributed by atoms with E-state index in [1.54, 1.807) is 12.1 Å². The van der Waals surface area contributed by atoms with Crippen molar-refractivity contribution in [3.63, 3.8) is 0 Å². The van der Waals surface area contributed by atoms with E-state index in [0.29, 0.717) is 15.9 Å². The Morgan fingerprint density at radius 3 is 2.66 bits per heavy atom. The largest absolute Gasteiger partial charge is 0.354 e. The molecule has 2 aromatic carbocycles. The molecule has 4 aromatic rings. The van der Waals surface area contributed by atoms with E-state index in [4.69, 9.17) is 11.6 Å². The van der Waals surface area contributed by atoms with Crippen molar-refractivity contribution in [1.29, 1.82) is 0 Å². The second kappa shape index (κ2) is 8.63. The van der Waals surface area contributed by atoms with E-state index in [-0.39, 0.29) is 48.5 Å². The van der Waals surface area contributed by atoms with Gasteiger partial charge < -0.3 is 5.32 Å². The number of amides is 1. The van der Waals surface area contributed by atoms with Gasteiger partial charge in [0.25, 0.3) is 5.56 Å². The molecule has 2 aromatic heterocycles. The first-order valence-corrected chi connectivity index (χ1v) is 10.8. The lowest BCUT2D eigenvalue weighted by molar-refractivity contribution is -0.121. The highest BCUT2D eigenvalue weighted by Gasteiger charge is 2.18. The maximum atomic E-state index is 13.3. The molecular formula is C23H24ClN5O3. The van der Waals surface area contributed by atoms with Crippen molar-refractivity contribution in [1.82, 2.24) is 24.1 Å². The zero-order chi connectivity index (χ0) is 23.0. The predicted octanol–water partition coefficient (Wildman–Crippen LogP) is 2.74. The van der Waals surface area contributed by atoms with Crippen LogP contribution in [0.3, 0.4) is 0 Å². The summed E-state index contributed by atoms with van der Waals surface area (Å²) in [5, 5.41) is 7.97. The topological polar surface area (TPSA) is 90.4 Å². The molecule has 0 radical (unpaired) electrons. The SMILES string of the molecule is Cc1cccc(Cn2nc3n(CCC(=O)NC(C)C)c(=O)c4cc(Cl)ccc4n3c2=O)c1. The molecule has 166 valence electrons. The van der Waals surface area contributed by atoms with E-state index in [9.17, 15) is 14.4 Å². The van der Waals surface area contributed by atoms with Gasteiger partial charge in [0, 0.05) is 24.0 Å². The van der Waals surface area contributed by atoms with Crippen LogP contribution < -0.4 is 16.6 Å². The van der Waals surface area contributed by atoms with Gasteiger partial charge in [-0.05, 0) is 44.5 Å². The van der Waals surface area contributed by atoms with Crippen LogP contribution in [0.5, 0.6) is 0 Å². The van der Waals surface area contributed by atoms with Crippen molar-refractivity contribution in [2.45, 2.75) is 46.3 Å². The zero-order valence-corrected chi connectivity index (χ0v) is 18.9. The van der Waals surface area contributed by atoms with Crippen LogP contribution in [0.4, 0.5) is 0 Å². The van der Waals surface area contributed by atoms with Crippen LogP contribution in [0.2, 0.25) is 5.02 Å². The average molecular weight is 454 g/mol. The van der Waals surface area contributed by atoms with Gasteiger partial charge in [-0.3, -0.25) is 14.2 Å². The summed E-state index contributed by atoms with van der Waals surface area (Å²) in [5.74, 6) is 0.0117. The molecule has 0 aliphatic rings. The fourth-order valence-corrected chi connectivity index (χ4v) is 3.96. The molecule has 32 heavy (non-hydrogen) atoms. The smallest absolute Gasteiger partial charge is 0.352 e. The van der Waals surface area contributed by atoms with Crippen molar-refractivity contribution in [2.24, 2.45) is 0 Å². The third-order valence-corrected chi connectivity index (χ3v) is 5.40. The number of nitrogens with zero attached hydrogens (tertiary/aromatic N) is 4. The van der Waals surface area contributed by atoms with Crippen LogP contribution in [-0.2, 0) is 17.9 Å². The summed E-state index contributed by atoms with van der Waals surface area (Å²) in [6.07, 6.45) is 0.0821. The molecule has 0 aliphatic carbocycles. The van der Waals surface area contributed by atoms with E-state index in [2.05, 4.69) is 10.4 Å². The highest BCUT2D eigenvalue weighted by atomic mass is 35.5. The standard InChI is InChI=1S/C23H24ClN5O3/c1-14(2)25-20(30)9-10-27-21(31)18-12-17(24)7-8-19(18)29-22(27)26-28(23(29)32)13-16-6-4-5-15(3)11-16/h4-8,11-12,14H,9-10,13H2,1-3H3,(H,25,30). The number of benzene rings is 2. The van der Waals surface area contributed by atoms with Crippen molar-refractivity contribution < 1.29 is 4.79 Å². The number of fused-ring (bicyclic) bond motifs is 3. The summed E-state index contributed by atoms with van der Waals surface area (Å²) in [6.45, 7) is 6.07. The van der Waals surface area contributed by atoms with Crippen LogP contribution in [0.1, 0.15) is 31.4 Å². The summed E-state index contributed by atoms with van der Waals surface area (Å²) in [4.78, 5) is 38.8. The Labute approximate surface area is 189 Å². The molecule has 0 unspecified atom stereocenters. The lowest BCUT2D eigenvalue weighted by atomic mass is 10.1. The van der Waals surface area contributed by atoms with Crippen molar-refractivity contribution >= 4 is 34.2 Å². The maximum Gasteiger partial charge on any atom is 0.352 e. The zero-order valence-electron chi connectivity index (χ0n) is 18.1. The summed E-state index contributed by atoms with van der Waals surface area (Å²) in [5.41, 5.74) is 1.72. The number of carbonyl (C=O) groups excluding carboxylic acids is 1. The molecule has 0 fully saturated rings. The van der Waals surface area contributed by atoms with Crippen molar-refractivity contribution in [3.05, 3.63) is 79.5 Å². The first-order chi connectivity index (χ1) is 15.2. The number of rotatable bonds is 6. The molecule has 9 heteroatoms. The van der Waals surface area contributed by atoms with E-state index in [1.165, 1.54) is 19.7 Å². The van der Waals surface area contributed by atoms with Crippen LogP contribution in [0, 0.1) is 6.92 Å².